The van der Waals surface area contributed by atoms with Crippen LogP contribution in [0.1, 0.15) is 47.6 Å². The Balaban J connectivity index is 2.41. The van der Waals surface area contributed by atoms with Crippen LogP contribution in [0.4, 0.5) is 0 Å². The number of aromatic nitrogens is 1. The van der Waals surface area contributed by atoms with Gasteiger partial charge in [-0.25, -0.2) is 0 Å². The SMILES string of the molecule is Cc1cc(C(=O)C(C)Cl)c(C)n1C1CCC(=O)NC1=O. The zero-order valence-corrected chi connectivity index (χ0v) is 12.5. The van der Waals surface area contributed by atoms with Crippen LogP contribution in [0.2, 0.25) is 0 Å². The summed E-state index contributed by atoms with van der Waals surface area (Å²) in [6.45, 7) is 5.26. The van der Waals surface area contributed by atoms with Crippen molar-refractivity contribution in [3.05, 3.63) is 23.0 Å². The summed E-state index contributed by atoms with van der Waals surface area (Å²) in [5.41, 5.74) is 2.07. The quantitative estimate of drug-likeness (QED) is 0.526. The third-order valence-corrected chi connectivity index (χ3v) is 3.83. The Morgan fingerprint density at radius 3 is 2.65 bits per heavy atom. The van der Waals surface area contributed by atoms with Crippen molar-refractivity contribution in [2.45, 2.75) is 45.0 Å². The highest BCUT2D eigenvalue weighted by Gasteiger charge is 2.31. The monoisotopic (exact) mass is 296 g/mol. The lowest BCUT2D eigenvalue weighted by Crippen LogP contribution is -2.42. The number of nitrogens with zero attached hydrogens (tertiary/aromatic N) is 1. The Morgan fingerprint density at radius 2 is 2.10 bits per heavy atom. The zero-order valence-electron chi connectivity index (χ0n) is 11.7. The maximum atomic E-state index is 12.0. The van der Waals surface area contributed by atoms with Gasteiger partial charge in [0.25, 0.3) is 0 Å². The van der Waals surface area contributed by atoms with Crippen molar-refractivity contribution in [3.63, 3.8) is 0 Å². The van der Waals surface area contributed by atoms with E-state index in [1.807, 2.05) is 11.5 Å². The molecule has 0 saturated carbocycles. The zero-order chi connectivity index (χ0) is 15.0. The molecule has 1 saturated heterocycles. The van der Waals surface area contributed by atoms with Gasteiger partial charge in [0, 0.05) is 23.4 Å². The minimum atomic E-state index is -0.606. The van der Waals surface area contributed by atoms with Gasteiger partial charge in [-0.05, 0) is 33.3 Å². The molecule has 0 radical (unpaired) electrons. The van der Waals surface area contributed by atoms with E-state index in [1.165, 1.54) is 0 Å². The lowest BCUT2D eigenvalue weighted by atomic mass is 10.1. The van der Waals surface area contributed by atoms with E-state index >= 15 is 0 Å². The lowest BCUT2D eigenvalue weighted by Gasteiger charge is -2.25. The van der Waals surface area contributed by atoms with Crippen LogP contribution in [-0.4, -0.2) is 27.5 Å². The van der Waals surface area contributed by atoms with E-state index in [0.717, 1.165) is 11.4 Å². The van der Waals surface area contributed by atoms with E-state index in [2.05, 4.69) is 5.32 Å². The molecular weight excluding hydrogens is 280 g/mol. The highest BCUT2D eigenvalue weighted by atomic mass is 35.5. The summed E-state index contributed by atoms with van der Waals surface area (Å²) in [7, 11) is 0. The topological polar surface area (TPSA) is 68.2 Å². The summed E-state index contributed by atoms with van der Waals surface area (Å²) < 4.78 is 1.81. The highest BCUT2D eigenvalue weighted by molar-refractivity contribution is 6.33. The number of carbonyl (C=O) groups excluding carboxylic acids is 3. The van der Waals surface area contributed by atoms with Crippen LogP contribution >= 0.6 is 11.6 Å². The second-order valence-electron chi connectivity index (χ2n) is 5.10. The van der Waals surface area contributed by atoms with Crippen molar-refractivity contribution < 1.29 is 14.4 Å². The molecule has 5 nitrogen and oxygen atoms in total. The number of hydrogen-bond donors (Lipinski definition) is 1. The fourth-order valence-corrected chi connectivity index (χ4v) is 2.77. The number of alkyl halides is 1. The van der Waals surface area contributed by atoms with Crippen LogP contribution in [-0.2, 0) is 9.59 Å². The van der Waals surface area contributed by atoms with Gasteiger partial charge in [0.05, 0.1) is 5.38 Å². The van der Waals surface area contributed by atoms with Crippen LogP contribution in [0.25, 0.3) is 0 Å². The number of ketones is 1. The average Bonchev–Trinajstić information content (AvgIpc) is 2.65. The summed E-state index contributed by atoms with van der Waals surface area (Å²) in [5, 5.41) is 1.73. The van der Waals surface area contributed by atoms with Crippen LogP contribution in [0.3, 0.4) is 0 Å². The Hall–Kier alpha value is -1.62. The van der Waals surface area contributed by atoms with Gasteiger partial charge in [-0.3, -0.25) is 19.7 Å². The second kappa shape index (κ2) is 5.40. The van der Waals surface area contributed by atoms with Crippen LogP contribution in [0, 0.1) is 13.8 Å². The van der Waals surface area contributed by atoms with Crippen LogP contribution < -0.4 is 5.32 Å². The molecule has 0 spiro atoms. The van der Waals surface area contributed by atoms with E-state index in [9.17, 15) is 14.4 Å². The third kappa shape index (κ3) is 2.50. The van der Waals surface area contributed by atoms with E-state index < -0.39 is 11.4 Å². The minimum Gasteiger partial charge on any atom is -0.336 e. The molecule has 1 N–H and O–H groups in total. The van der Waals surface area contributed by atoms with Crippen molar-refractivity contribution in [3.8, 4) is 0 Å². The van der Waals surface area contributed by atoms with E-state index in [0.29, 0.717) is 18.4 Å². The van der Waals surface area contributed by atoms with Crippen molar-refractivity contribution in [2.75, 3.05) is 0 Å². The summed E-state index contributed by atoms with van der Waals surface area (Å²) in [4.78, 5) is 35.2. The second-order valence-corrected chi connectivity index (χ2v) is 5.76. The number of nitrogens with one attached hydrogen (secondary N) is 1. The molecule has 2 atom stereocenters. The molecule has 1 fully saturated rings. The van der Waals surface area contributed by atoms with Gasteiger partial charge >= 0.3 is 0 Å². The standard InChI is InChI=1S/C14H17ClN2O3/c1-7-6-10(13(19)8(2)15)9(3)17(7)11-4-5-12(18)16-14(11)20/h6,8,11H,4-5H2,1-3H3,(H,16,18,20). The van der Waals surface area contributed by atoms with E-state index in [1.54, 1.807) is 19.9 Å². The first-order chi connectivity index (χ1) is 9.32. The number of aryl methyl sites for hydroxylation is 1. The number of halogens is 1. The molecule has 1 aromatic rings. The van der Waals surface area contributed by atoms with Gasteiger partial charge in [-0.2, -0.15) is 0 Å². The normalized spacial score (nSPS) is 20.7. The number of imide groups is 1. The van der Waals surface area contributed by atoms with Gasteiger partial charge in [-0.1, -0.05) is 0 Å². The van der Waals surface area contributed by atoms with E-state index in [-0.39, 0.29) is 17.6 Å². The smallest absolute Gasteiger partial charge is 0.249 e. The maximum absolute atomic E-state index is 12.0. The number of Topliss-reactive ketones (excluding diaryl/α,β-unsaturated/α-hetero) is 1. The number of rotatable bonds is 3. The molecule has 2 amide bonds. The lowest BCUT2D eigenvalue weighted by molar-refractivity contribution is -0.135. The van der Waals surface area contributed by atoms with Gasteiger partial charge < -0.3 is 4.57 Å². The highest BCUT2D eigenvalue weighted by Crippen LogP contribution is 2.27. The van der Waals surface area contributed by atoms with Crippen LogP contribution in [0.5, 0.6) is 0 Å². The van der Waals surface area contributed by atoms with Crippen molar-refractivity contribution >= 4 is 29.2 Å². The molecule has 1 aromatic heterocycles. The molecule has 0 aromatic carbocycles. The first-order valence-electron chi connectivity index (χ1n) is 6.53. The molecule has 2 unspecified atom stereocenters. The number of carbonyl (C=O) groups is 3. The average molecular weight is 297 g/mol. The Labute approximate surface area is 122 Å². The van der Waals surface area contributed by atoms with Gasteiger partial charge in [0.1, 0.15) is 6.04 Å². The molecule has 1 aliphatic heterocycles. The molecule has 0 bridgehead atoms. The number of amides is 2. The van der Waals surface area contributed by atoms with Gasteiger partial charge in [0.2, 0.25) is 11.8 Å². The predicted octanol–water partition coefficient (Wildman–Crippen LogP) is 1.89. The molecule has 108 valence electrons. The molecule has 20 heavy (non-hydrogen) atoms. The third-order valence-electron chi connectivity index (χ3n) is 3.63. The van der Waals surface area contributed by atoms with Crippen molar-refractivity contribution in [1.82, 2.24) is 9.88 Å². The summed E-state index contributed by atoms with van der Waals surface area (Å²) in [6.07, 6.45) is 0.758. The maximum Gasteiger partial charge on any atom is 0.249 e. The van der Waals surface area contributed by atoms with Gasteiger partial charge in [-0.15, -0.1) is 11.6 Å². The predicted molar refractivity (Wildman–Crippen MR) is 75.0 cm³/mol. The summed E-state index contributed by atoms with van der Waals surface area (Å²) in [5.74, 6) is -0.723. The fraction of sp³-hybridized carbons (Fsp3) is 0.500. The Bertz CT molecular complexity index is 589. The Morgan fingerprint density at radius 1 is 1.45 bits per heavy atom. The van der Waals surface area contributed by atoms with Crippen molar-refractivity contribution in [1.29, 1.82) is 0 Å². The summed E-state index contributed by atoms with van der Waals surface area (Å²) >= 11 is 5.85. The van der Waals surface area contributed by atoms with Gasteiger partial charge in [0.15, 0.2) is 5.78 Å². The number of piperidine rings is 1. The molecular formula is C14H17ClN2O3. The molecule has 0 aliphatic carbocycles. The molecule has 2 rings (SSSR count). The molecule has 1 aliphatic rings. The van der Waals surface area contributed by atoms with Crippen molar-refractivity contribution in [2.24, 2.45) is 0 Å². The van der Waals surface area contributed by atoms with E-state index in [4.69, 9.17) is 11.6 Å². The number of hydrogen-bond acceptors (Lipinski definition) is 3. The molecule has 6 heteroatoms. The fourth-order valence-electron chi connectivity index (χ4n) is 2.65. The Kier molecular flexibility index (Phi) is 3.99. The van der Waals surface area contributed by atoms with Crippen LogP contribution in [0.15, 0.2) is 6.07 Å². The largest absolute Gasteiger partial charge is 0.336 e. The minimum absolute atomic E-state index is 0.154. The molecule has 2 heterocycles. The first kappa shape index (κ1) is 14.8. The first-order valence-corrected chi connectivity index (χ1v) is 6.97. The summed E-state index contributed by atoms with van der Waals surface area (Å²) in [6, 6.07) is 1.31.